The second kappa shape index (κ2) is 8.04. The number of anilines is 2. The summed E-state index contributed by atoms with van der Waals surface area (Å²) in [7, 11) is 1.64. The van der Waals surface area contributed by atoms with Gasteiger partial charge >= 0.3 is 0 Å². The molecule has 0 radical (unpaired) electrons. The second-order valence-electron chi connectivity index (χ2n) is 4.53. The molecular formula is C15H17FN4O2. The fraction of sp³-hybridized carbons (Fsp3) is 0.267. The first-order valence-electron chi connectivity index (χ1n) is 6.81. The number of hydrogen-bond acceptors (Lipinski definition) is 5. The summed E-state index contributed by atoms with van der Waals surface area (Å²) < 4.78 is 18.0. The third-order valence-corrected chi connectivity index (χ3v) is 2.81. The molecule has 0 unspecified atom stereocenters. The lowest BCUT2D eigenvalue weighted by Gasteiger charge is -2.07. The van der Waals surface area contributed by atoms with Crippen LogP contribution in [0.4, 0.5) is 15.9 Å². The number of methoxy groups -OCH3 is 1. The molecule has 6 nitrogen and oxygen atoms in total. The van der Waals surface area contributed by atoms with Crippen molar-refractivity contribution in [1.82, 2.24) is 9.97 Å². The summed E-state index contributed by atoms with van der Waals surface area (Å²) in [5, 5.41) is 5.66. The summed E-state index contributed by atoms with van der Waals surface area (Å²) in [6.45, 7) is 1.32. The van der Waals surface area contributed by atoms with Crippen LogP contribution in [0.3, 0.4) is 0 Å². The van der Waals surface area contributed by atoms with E-state index in [0.717, 1.165) is 6.42 Å². The molecule has 7 heteroatoms. The standard InChI is InChI=1S/C15H17FN4O2/c1-22-7-3-6-17-14-9-13(18-10-19-14)15(21)20-12-5-2-4-11(16)8-12/h2,4-5,8-10H,3,6-7H2,1H3,(H,20,21)(H,17,18,19). The van der Waals surface area contributed by atoms with E-state index in [2.05, 4.69) is 20.6 Å². The number of amides is 1. The average Bonchev–Trinajstić information content (AvgIpc) is 2.52. The van der Waals surface area contributed by atoms with Gasteiger partial charge in [-0.15, -0.1) is 0 Å². The van der Waals surface area contributed by atoms with Crippen molar-refractivity contribution in [2.24, 2.45) is 0 Å². The highest BCUT2D eigenvalue weighted by Gasteiger charge is 2.09. The Hall–Kier alpha value is -2.54. The van der Waals surface area contributed by atoms with E-state index in [9.17, 15) is 9.18 Å². The van der Waals surface area contributed by atoms with Crippen LogP contribution in [0, 0.1) is 5.82 Å². The minimum Gasteiger partial charge on any atom is -0.385 e. The van der Waals surface area contributed by atoms with Crippen molar-refractivity contribution in [2.45, 2.75) is 6.42 Å². The molecule has 0 saturated carbocycles. The number of hydrogen-bond donors (Lipinski definition) is 2. The van der Waals surface area contributed by atoms with Gasteiger partial charge in [0.15, 0.2) is 0 Å². The van der Waals surface area contributed by atoms with Gasteiger partial charge in [0.1, 0.15) is 23.7 Å². The molecule has 1 amide bonds. The van der Waals surface area contributed by atoms with Gasteiger partial charge in [0.05, 0.1) is 0 Å². The Labute approximate surface area is 127 Å². The molecule has 0 aliphatic carbocycles. The predicted molar refractivity (Wildman–Crippen MR) is 81.4 cm³/mol. The number of nitrogens with zero attached hydrogens (tertiary/aromatic N) is 2. The zero-order valence-electron chi connectivity index (χ0n) is 12.2. The smallest absolute Gasteiger partial charge is 0.274 e. The minimum atomic E-state index is -0.423. The van der Waals surface area contributed by atoms with E-state index in [1.54, 1.807) is 19.2 Å². The number of ether oxygens (including phenoxy) is 1. The Morgan fingerprint density at radius 2 is 2.18 bits per heavy atom. The number of benzene rings is 1. The van der Waals surface area contributed by atoms with Crippen molar-refractivity contribution in [2.75, 3.05) is 30.9 Å². The topological polar surface area (TPSA) is 76.1 Å². The molecule has 0 aliphatic heterocycles. The fourth-order valence-electron chi connectivity index (χ4n) is 1.77. The van der Waals surface area contributed by atoms with Gasteiger partial charge in [-0.2, -0.15) is 0 Å². The normalized spacial score (nSPS) is 10.3. The Morgan fingerprint density at radius 1 is 1.32 bits per heavy atom. The van der Waals surface area contributed by atoms with Gasteiger partial charge in [-0.1, -0.05) is 6.07 Å². The van der Waals surface area contributed by atoms with Gasteiger partial charge in [0, 0.05) is 32.0 Å². The Morgan fingerprint density at radius 3 is 2.95 bits per heavy atom. The maximum Gasteiger partial charge on any atom is 0.274 e. The van der Waals surface area contributed by atoms with Crippen molar-refractivity contribution in [3.63, 3.8) is 0 Å². The predicted octanol–water partition coefficient (Wildman–Crippen LogP) is 2.32. The molecule has 1 aromatic heterocycles. The van der Waals surface area contributed by atoms with Gasteiger partial charge in [0.25, 0.3) is 5.91 Å². The van der Waals surface area contributed by atoms with Crippen molar-refractivity contribution in [1.29, 1.82) is 0 Å². The fourth-order valence-corrected chi connectivity index (χ4v) is 1.77. The van der Waals surface area contributed by atoms with Crippen molar-refractivity contribution >= 4 is 17.4 Å². The highest BCUT2D eigenvalue weighted by Crippen LogP contribution is 2.11. The van der Waals surface area contributed by atoms with Crippen LogP contribution in [0.2, 0.25) is 0 Å². The van der Waals surface area contributed by atoms with Crippen LogP contribution in [0.15, 0.2) is 36.7 Å². The maximum absolute atomic E-state index is 13.1. The van der Waals surface area contributed by atoms with Crippen LogP contribution in [0.1, 0.15) is 16.9 Å². The molecular weight excluding hydrogens is 287 g/mol. The maximum atomic E-state index is 13.1. The van der Waals surface area contributed by atoms with Crippen molar-refractivity contribution < 1.29 is 13.9 Å². The molecule has 0 fully saturated rings. The molecule has 1 aromatic carbocycles. The summed E-state index contributed by atoms with van der Waals surface area (Å²) >= 11 is 0. The molecule has 2 N–H and O–H groups in total. The lowest BCUT2D eigenvalue weighted by Crippen LogP contribution is -2.15. The van der Waals surface area contributed by atoms with Gasteiger partial charge in [-0.3, -0.25) is 4.79 Å². The highest BCUT2D eigenvalue weighted by atomic mass is 19.1. The molecule has 116 valence electrons. The lowest BCUT2D eigenvalue weighted by molar-refractivity contribution is 0.102. The number of aromatic nitrogens is 2. The van der Waals surface area contributed by atoms with Crippen LogP contribution in [-0.4, -0.2) is 36.1 Å². The number of carbonyl (C=O) groups is 1. The number of nitrogens with one attached hydrogen (secondary N) is 2. The number of halogens is 1. The summed E-state index contributed by atoms with van der Waals surface area (Å²) in [6.07, 6.45) is 2.13. The van der Waals surface area contributed by atoms with Gasteiger partial charge in [-0.05, 0) is 24.6 Å². The highest BCUT2D eigenvalue weighted by molar-refractivity contribution is 6.03. The molecule has 2 aromatic rings. The van der Waals surface area contributed by atoms with E-state index in [1.807, 2.05) is 0 Å². The van der Waals surface area contributed by atoms with Crippen LogP contribution in [0.25, 0.3) is 0 Å². The lowest BCUT2D eigenvalue weighted by atomic mass is 10.3. The van der Waals surface area contributed by atoms with Crippen LogP contribution in [-0.2, 0) is 4.74 Å². The van der Waals surface area contributed by atoms with Gasteiger partial charge < -0.3 is 15.4 Å². The van der Waals surface area contributed by atoms with E-state index in [4.69, 9.17) is 4.74 Å². The molecule has 22 heavy (non-hydrogen) atoms. The molecule has 1 heterocycles. The summed E-state index contributed by atoms with van der Waals surface area (Å²) in [6, 6.07) is 7.21. The molecule has 0 aliphatic rings. The number of carbonyl (C=O) groups excluding carboxylic acids is 1. The van der Waals surface area contributed by atoms with Crippen LogP contribution < -0.4 is 10.6 Å². The van der Waals surface area contributed by atoms with Crippen molar-refractivity contribution in [3.05, 3.63) is 48.2 Å². The van der Waals surface area contributed by atoms with Gasteiger partial charge in [-0.25, -0.2) is 14.4 Å². The monoisotopic (exact) mass is 304 g/mol. The largest absolute Gasteiger partial charge is 0.385 e. The van der Waals surface area contributed by atoms with Crippen LogP contribution in [0.5, 0.6) is 0 Å². The first kappa shape index (κ1) is 15.8. The van der Waals surface area contributed by atoms with E-state index < -0.39 is 11.7 Å². The molecule has 2 rings (SSSR count). The Bertz CT molecular complexity index is 636. The molecule has 0 atom stereocenters. The van der Waals surface area contributed by atoms with E-state index >= 15 is 0 Å². The summed E-state index contributed by atoms with van der Waals surface area (Å²) in [4.78, 5) is 20.0. The molecule has 0 bridgehead atoms. The average molecular weight is 304 g/mol. The first-order chi connectivity index (χ1) is 10.7. The first-order valence-corrected chi connectivity index (χ1v) is 6.81. The Balaban J connectivity index is 1.97. The van der Waals surface area contributed by atoms with E-state index in [1.165, 1.54) is 24.5 Å². The molecule has 0 saturated heterocycles. The summed E-state index contributed by atoms with van der Waals surface area (Å²) in [5.74, 6) is -0.288. The second-order valence-corrected chi connectivity index (χ2v) is 4.53. The zero-order valence-corrected chi connectivity index (χ0v) is 12.2. The van der Waals surface area contributed by atoms with E-state index in [0.29, 0.717) is 24.7 Å². The molecule has 0 spiro atoms. The van der Waals surface area contributed by atoms with Crippen LogP contribution >= 0.6 is 0 Å². The quantitative estimate of drug-likeness (QED) is 0.768. The zero-order chi connectivity index (χ0) is 15.8. The third-order valence-electron chi connectivity index (χ3n) is 2.81. The Kier molecular flexibility index (Phi) is 5.79. The van der Waals surface area contributed by atoms with Gasteiger partial charge in [0.2, 0.25) is 0 Å². The number of rotatable bonds is 7. The summed E-state index contributed by atoms with van der Waals surface area (Å²) in [5.41, 5.74) is 0.576. The third kappa shape index (κ3) is 4.78. The SMILES string of the molecule is COCCCNc1cc(C(=O)Nc2cccc(F)c2)ncn1. The minimum absolute atomic E-state index is 0.202. The van der Waals surface area contributed by atoms with Crippen molar-refractivity contribution in [3.8, 4) is 0 Å². The van der Waals surface area contributed by atoms with E-state index in [-0.39, 0.29) is 5.69 Å².